The van der Waals surface area contributed by atoms with Gasteiger partial charge in [-0.15, -0.1) is 0 Å². The highest BCUT2D eigenvalue weighted by atomic mass is 16.3. The predicted octanol–water partition coefficient (Wildman–Crippen LogP) is 1.87. The summed E-state index contributed by atoms with van der Waals surface area (Å²) in [6, 6.07) is 14.2. The third-order valence-corrected chi connectivity index (χ3v) is 2.27. The van der Waals surface area contributed by atoms with Crippen LogP contribution in [-0.2, 0) is 6.42 Å². The van der Waals surface area contributed by atoms with Crippen molar-refractivity contribution in [2.45, 2.75) is 6.42 Å². The van der Waals surface area contributed by atoms with Crippen LogP contribution < -0.4 is 11.5 Å². The summed E-state index contributed by atoms with van der Waals surface area (Å²) in [5.41, 5.74) is 12.4. The first-order chi connectivity index (χ1) is 8.63. The van der Waals surface area contributed by atoms with Gasteiger partial charge in [-0.3, -0.25) is 0 Å². The van der Waals surface area contributed by atoms with Crippen LogP contribution in [0.4, 0.5) is 5.69 Å². The van der Waals surface area contributed by atoms with Crippen LogP contribution in [-0.4, -0.2) is 16.8 Å². The number of anilines is 1. The molecule has 0 aliphatic heterocycles. The van der Waals surface area contributed by atoms with Crippen LogP contribution in [0.5, 0.6) is 11.5 Å². The number of hydrogen-bond donors (Lipinski definition) is 4. The molecule has 0 heterocycles. The summed E-state index contributed by atoms with van der Waals surface area (Å²) in [4.78, 5) is 0. The lowest BCUT2D eigenvalue weighted by atomic mass is 10.1. The molecule has 0 saturated heterocycles. The molecule has 0 aromatic heterocycles. The maximum absolute atomic E-state index is 9.04. The van der Waals surface area contributed by atoms with Crippen LogP contribution in [0.15, 0.2) is 48.5 Å². The summed E-state index contributed by atoms with van der Waals surface area (Å²) in [6.07, 6.45) is 0.716. The lowest BCUT2D eigenvalue weighted by molar-refractivity contribution is 0.403. The number of hydrogen-bond acceptors (Lipinski definition) is 4. The molecule has 2 rings (SSSR count). The molecule has 2 aromatic rings. The van der Waals surface area contributed by atoms with Gasteiger partial charge in [-0.05, 0) is 42.8 Å². The first kappa shape index (κ1) is 13.9. The fourth-order valence-electron chi connectivity index (χ4n) is 1.34. The van der Waals surface area contributed by atoms with E-state index in [-0.39, 0.29) is 11.5 Å². The monoisotopic (exact) mass is 246 g/mol. The van der Waals surface area contributed by atoms with E-state index in [4.69, 9.17) is 21.7 Å². The Kier molecular flexibility index (Phi) is 5.54. The van der Waals surface area contributed by atoms with E-state index in [0.717, 1.165) is 11.3 Å². The third kappa shape index (κ3) is 4.76. The second-order valence-corrected chi connectivity index (χ2v) is 3.77. The molecule has 18 heavy (non-hydrogen) atoms. The van der Waals surface area contributed by atoms with E-state index in [9.17, 15) is 0 Å². The quantitative estimate of drug-likeness (QED) is 0.481. The average molecular weight is 246 g/mol. The summed E-state index contributed by atoms with van der Waals surface area (Å²) in [7, 11) is 0. The molecule has 0 aliphatic carbocycles. The Bertz CT molecular complexity index is 472. The SMILES string of the molecule is NCCc1ccc(O)c(O)c1.Nc1ccccc1. The Balaban J connectivity index is 0.000000199. The van der Waals surface area contributed by atoms with Gasteiger partial charge in [0.15, 0.2) is 11.5 Å². The molecule has 0 spiro atoms. The summed E-state index contributed by atoms with van der Waals surface area (Å²) < 4.78 is 0. The summed E-state index contributed by atoms with van der Waals surface area (Å²) in [5.74, 6) is -0.179. The Morgan fingerprint density at radius 1 is 0.889 bits per heavy atom. The van der Waals surface area contributed by atoms with Crippen molar-refractivity contribution in [2.24, 2.45) is 5.73 Å². The first-order valence-corrected chi connectivity index (χ1v) is 5.65. The van der Waals surface area contributed by atoms with Crippen LogP contribution in [0, 0.1) is 0 Å². The van der Waals surface area contributed by atoms with Crippen molar-refractivity contribution in [3.63, 3.8) is 0 Å². The van der Waals surface area contributed by atoms with Crippen molar-refractivity contribution in [1.82, 2.24) is 0 Å². The summed E-state index contributed by atoms with van der Waals surface area (Å²) in [6.45, 7) is 0.546. The Morgan fingerprint density at radius 3 is 2.00 bits per heavy atom. The number of aromatic hydroxyl groups is 2. The standard InChI is InChI=1S/C8H11NO2.C6H7N/c9-4-3-6-1-2-7(10)8(11)5-6;7-6-4-2-1-3-5-6/h1-2,5,10-11H,3-4,9H2;1-5H,7H2. The van der Waals surface area contributed by atoms with E-state index >= 15 is 0 Å². The molecule has 0 bridgehead atoms. The van der Waals surface area contributed by atoms with E-state index in [2.05, 4.69) is 0 Å². The minimum Gasteiger partial charge on any atom is -0.504 e. The van der Waals surface area contributed by atoms with Gasteiger partial charge in [-0.2, -0.15) is 0 Å². The van der Waals surface area contributed by atoms with Crippen LogP contribution in [0.3, 0.4) is 0 Å². The highest BCUT2D eigenvalue weighted by Crippen LogP contribution is 2.24. The van der Waals surface area contributed by atoms with Crippen molar-refractivity contribution < 1.29 is 10.2 Å². The lowest BCUT2D eigenvalue weighted by Crippen LogP contribution is -2.02. The van der Waals surface area contributed by atoms with Gasteiger partial charge in [0, 0.05) is 5.69 Å². The molecule has 4 heteroatoms. The summed E-state index contributed by atoms with van der Waals surface area (Å²) in [5, 5.41) is 18.0. The maximum atomic E-state index is 9.04. The lowest BCUT2D eigenvalue weighted by Gasteiger charge is -2.00. The van der Waals surface area contributed by atoms with E-state index in [0.29, 0.717) is 13.0 Å². The second kappa shape index (κ2) is 7.19. The van der Waals surface area contributed by atoms with E-state index in [1.165, 1.54) is 12.1 Å². The minimum atomic E-state index is -0.0919. The smallest absolute Gasteiger partial charge is 0.157 e. The fourth-order valence-corrected chi connectivity index (χ4v) is 1.34. The van der Waals surface area contributed by atoms with Crippen LogP contribution in [0.1, 0.15) is 5.56 Å². The fraction of sp³-hybridized carbons (Fsp3) is 0.143. The van der Waals surface area contributed by atoms with Crippen LogP contribution in [0.25, 0.3) is 0 Å². The van der Waals surface area contributed by atoms with Gasteiger partial charge in [-0.25, -0.2) is 0 Å². The second-order valence-electron chi connectivity index (χ2n) is 3.77. The van der Waals surface area contributed by atoms with Crippen molar-refractivity contribution in [3.05, 3.63) is 54.1 Å². The topological polar surface area (TPSA) is 92.5 Å². The number of rotatable bonds is 2. The molecule has 0 radical (unpaired) electrons. The zero-order chi connectivity index (χ0) is 13.4. The molecule has 0 fully saturated rings. The van der Waals surface area contributed by atoms with Gasteiger partial charge in [0.1, 0.15) is 0 Å². The number of benzene rings is 2. The van der Waals surface area contributed by atoms with Crippen LogP contribution >= 0.6 is 0 Å². The molecular weight excluding hydrogens is 228 g/mol. The molecular formula is C14H18N2O2. The number of phenolic OH excluding ortho intramolecular Hbond substituents is 2. The molecule has 0 unspecified atom stereocenters. The average Bonchev–Trinajstić information content (AvgIpc) is 2.36. The molecule has 96 valence electrons. The zero-order valence-electron chi connectivity index (χ0n) is 10.1. The molecule has 0 aliphatic rings. The Morgan fingerprint density at radius 2 is 1.56 bits per heavy atom. The zero-order valence-corrected chi connectivity index (χ0v) is 10.1. The van der Waals surface area contributed by atoms with Crippen molar-refractivity contribution in [2.75, 3.05) is 12.3 Å². The van der Waals surface area contributed by atoms with Gasteiger partial charge in [0.25, 0.3) is 0 Å². The molecule has 4 nitrogen and oxygen atoms in total. The maximum Gasteiger partial charge on any atom is 0.157 e. The number of nitrogen functional groups attached to an aromatic ring is 1. The summed E-state index contributed by atoms with van der Waals surface area (Å²) >= 11 is 0. The van der Waals surface area contributed by atoms with Gasteiger partial charge in [0.05, 0.1) is 0 Å². The third-order valence-electron chi connectivity index (χ3n) is 2.27. The minimum absolute atomic E-state index is 0.0871. The van der Waals surface area contributed by atoms with Gasteiger partial charge in [-0.1, -0.05) is 24.3 Å². The van der Waals surface area contributed by atoms with Crippen molar-refractivity contribution in [1.29, 1.82) is 0 Å². The first-order valence-electron chi connectivity index (χ1n) is 5.65. The number of para-hydroxylation sites is 1. The molecule has 2 aromatic carbocycles. The predicted molar refractivity (Wildman–Crippen MR) is 73.4 cm³/mol. The largest absolute Gasteiger partial charge is 0.504 e. The highest BCUT2D eigenvalue weighted by molar-refractivity contribution is 5.40. The normalized spacial score (nSPS) is 9.39. The van der Waals surface area contributed by atoms with E-state index in [1.54, 1.807) is 6.07 Å². The Labute approximate surface area is 106 Å². The van der Waals surface area contributed by atoms with Crippen LogP contribution in [0.2, 0.25) is 0 Å². The molecule has 6 N–H and O–H groups in total. The number of phenols is 2. The van der Waals surface area contributed by atoms with Gasteiger partial charge < -0.3 is 21.7 Å². The molecule has 0 atom stereocenters. The molecule has 0 amide bonds. The van der Waals surface area contributed by atoms with E-state index < -0.39 is 0 Å². The van der Waals surface area contributed by atoms with Gasteiger partial charge in [0.2, 0.25) is 0 Å². The number of nitrogens with two attached hydrogens (primary N) is 2. The highest BCUT2D eigenvalue weighted by Gasteiger charge is 1.98. The van der Waals surface area contributed by atoms with Crippen molar-refractivity contribution in [3.8, 4) is 11.5 Å². The van der Waals surface area contributed by atoms with Gasteiger partial charge >= 0.3 is 0 Å². The molecule has 0 saturated carbocycles. The van der Waals surface area contributed by atoms with E-state index in [1.807, 2.05) is 30.3 Å². The Hall–Kier alpha value is -2.20. The van der Waals surface area contributed by atoms with Crippen molar-refractivity contribution >= 4 is 5.69 Å².